The fourth-order valence-electron chi connectivity index (χ4n) is 1.38. The highest BCUT2D eigenvalue weighted by molar-refractivity contribution is 7.17. The maximum Gasteiger partial charge on any atom is 0.0696 e. The Bertz CT molecular complexity index is 403. The lowest BCUT2D eigenvalue weighted by atomic mass is 10.1. The summed E-state index contributed by atoms with van der Waals surface area (Å²) in [5.41, 5.74) is 2.33. The van der Waals surface area contributed by atoms with Gasteiger partial charge in [-0.25, -0.2) is 0 Å². The van der Waals surface area contributed by atoms with E-state index < -0.39 is 0 Å². The molecule has 1 N–H and O–H groups in total. The second-order valence-corrected chi connectivity index (χ2v) is 3.75. The monoisotopic (exact) mass is 178 g/mol. The number of rotatable bonds is 1. The minimum Gasteiger partial charge on any atom is -0.392 e. The van der Waals surface area contributed by atoms with Crippen molar-refractivity contribution in [2.45, 2.75) is 13.5 Å². The highest BCUT2D eigenvalue weighted by Gasteiger charge is 2.03. The van der Waals surface area contributed by atoms with Crippen molar-refractivity contribution in [3.63, 3.8) is 0 Å². The molecule has 2 heteroatoms. The summed E-state index contributed by atoms with van der Waals surface area (Å²) in [6, 6.07) is 6.19. The molecule has 0 radical (unpaired) electrons. The molecule has 1 nitrogen and oxygen atoms in total. The first kappa shape index (κ1) is 7.77. The summed E-state index contributed by atoms with van der Waals surface area (Å²) in [7, 11) is 0. The summed E-state index contributed by atoms with van der Waals surface area (Å²) in [6.07, 6.45) is 0. The van der Waals surface area contributed by atoms with Crippen LogP contribution in [0.2, 0.25) is 0 Å². The number of hydrogen-bond acceptors (Lipinski definition) is 2. The third kappa shape index (κ3) is 1.04. The van der Waals surface area contributed by atoms with Gasteiger partial charge in [-0.05, 0) is 28.8 Å². The van der Waals surface area contributed by atoms with Gasteiger partial charge in [-0.15, -0.1) is 11.3 Å². The number of aliphatic hydroxyl groups excluding tert-OH is 1. The van der Waals surface area contributed by atoms with Gasteiger partial charge in [0.2, 0.25) is 0 Å². The number of aryl methyl sites for hydroxylation is 1. The maximum atomic E-state index is 9.02. The molecule has 2 aromatic rings. The molecule has 1 heterocycles. The van der Waals surface area contributed by atoms with Crippen molar-refractivity contribution in [3.8, 4) is 0 Å². The van der Waals surface area contributed by atoms with E-state index in [1.54, 1.807) is 11.3 Å². The quantitative estimate of drug-likeness (QED) is 0.711. The van der Waals surface area contributed by atoms with E-state index in [4.69, 9.17) is 5.11 Å². The molecule has 0 atom stereocenters. The van der Waals surface area contributed by atoms with E-state index in [-0.39, 0.29) is 6.61 Å². The van der Waals surface area contributed by atoms with Crippen molar-refractivity contribution in [1.82, 2.24) is 0 Å². The lowest BCUT2D eigenvalue weighted by Gasteiger charge is -1.95. The zero-order chi connectivity index (χ0) is 8.55. The lowest BCUT2D eigenvalue weighted by molar-refractivity contribution is 0.284. The minimum absolute atomic E-state index is 0.142. The van der Waals surface area contributed by atoms with E-state index in [0.29, 0.717) is 0 Å². The molecule has 0 saturated carbocycles. The third-order valence-electron chi connectivity index (χ3n) is 2.05. The van der Waals surface area contributed by atoms with Gasteiger partial charge in [-0.1, -0.05) is 18.2 Å². The van der Waals surface area contributed by atoms with Gasteiger partial charge in [0, 0.05) is 4.70 Å². The molecule has 0 unspecified atom stereocenters. The number of benzene rings is 1. The predicted octanol–water partition coefficient (Wildman–Crippen LogP) is 2.70. The van der Waals surface area contributed by atoms with Crippen LogP contribution in [0.1, 0.15) is 11.1 Å². The fraction of sp³-hybridized carbons (Fsp3) is 0.200. The zero-order valence-electron chi connectivity index (χ0n) is 6.87. The molecule has 0 fully saturated rings. The van der Waals surface area contributed by atoms with Crippen LogP contribution in [0.4, 0.5) is 0 Å². The van der Waals surface area contributed by atoms with E-state index in [0.717, 1.165) is 5.56 Å². The molecule has 12 heavy (non-hydrogen) atoms. The van der Waals surface area contributed by atoms with Crippen molar-refractivity contribution >= 4 is 21.4 Å². The van der Waals surface area contributed by atoms with Gasteiger partial charge in [0.15, 0.2) is 0 Å². The summed E-state index contributed by atoms with van der Waals surface area (Å²) in [4.78, 5) is 0. The third-order valence-corrected chi connectivity index (χ3v) is 3.23. The van der Waals surface area contributed by atoms with Crippen LogP contribution in [0.15, 0.2) is 23.6 Å². The Labute approximate surface area is 75.3 Å². The number of hydrogen-bond donors (Lipinski definition) is 1. The van der Waals surface area contributed by atoms with Gasteiger partial charge in [-0.2, -0.15) is 0 Å². The summed E-state index contributed by atoms with van der Waals surface area (Å²) in [5.74, 6) is 0. The number of thiophene rings is 1. The minimum atomic E-state index is 0.142. The second kappa shape index (κ2) is 2.88. The Hall–Kier alpha value is -0.860. The van der Waals surface area contributed by atoms with Gasteiger partial charge in [0.1, 0.15) is 0 Å². The van der Waals surface area contributed by atoms with Gasteiger partial charge < -0.3 is 5.11 Å². The Morgan fingerprint density at radius 2 is 2.25 bits per heavy atom. The van der Waals surface area contributed by atoms with Crippen LogP contribution in [0.5, 0.6) is 0 Å². The molecule has 1 aromatic heterocycles. The van der Waals surface area contributed by atoms with E-state index in [9.17, 15) is 0 Å². The number of aliphatic hydroxyl groups is 1. The molecule has 2 rings (SSSR count). The molecule has 0 amide bonds. The fourth-order valence-corrected chi connectivity index (χ4v) is 2.42. The average molecular weight is 178 g/mol. The van der Waals surface area contributed by atoms with Gasteiger partial charge in [-0.3, -0.25) is 0 Å². The van der Waals surface area contributed by atoms with E-state index in [1.807, 2.05) is 11.4 Å². The van der Waals surface area contributed by atoms with Crippen LogP contribution in [0.25, 0.3) is 10.1 Å². The van der Waals surface area contributed by atoms with Crippen molar-refractivity contribution < 1.29 is 5.11 Å². The van der Waals surface area contributed by atoms with E-state index in [1.165, 1.54) is 15.6 Å². The standard InChI is InChI=1S/C10H10OS/c1-7-3-2-4-9-8(5-11)6-12-10(7)9/h2-4,6,11H,5H2,1H3. The van der Waals surface area contributed by atoms with Crippen LogP contribution in [0, 0.1) is 6.92 Å². The summed E-state index contributed by atoms with van der Waals surface area (Å²) in [6.45, 7) is 2.24. The summed E-state index contributed by atoms with van der Waals surface area (Å²) >= 11 is 1.71. The number of fused-ring (bicyclic) bond motifs is 1. The Kier molecular flexibility index (Phi) is 1.87. The molecule has 0 aliphatic rings. The highest BCUT2D eigenvalue weighted by Crippen LogP contribution is 2.28. The zero-order valence-corrected chi connectivity index (χ0v) is 7.69. The molecule has 62 valence electrons. The Morgan fingerprint density at radius 1 is 1.42 bits per heavy atom. The first-order valence-electron chi connectivity index (χ1n) is 3.89. The molecule has 0 spiro atoms. The first-order valence-corrected chi connectivity index (χ1v) is 4.77. The molecule has 0 bridgehead atoms. The van der Waals surface area contributed by atoms with Crippen LogP contribution in [0.3, 0.4) is 0 Å². The van der Waals surface area contributed by atoms with Crippen molar-refractivity contribution in [2.24, 2.45) is 0 Å². The second-order valence-electron chi connectivity index (χ2n) is 2.87. The highest BCUT2D eigenvalue weighted by atomic mass is 32.1. The average Bonchev–Trinajstić information content (AvgIpc) is 2.49. The summed E-state index contributed by atoms with van der Waals surface area (Å²) in [5, 5.41) is 12.2. The van der Waals surface area contributed by atoms with Crippen molar-refractivity contribution in [2.75, 3.05) is 0 Å². The first-order chi connectivity index (χ1) is 5.83. The maximum absolute atomic E-state index is 9.02. The van der Waals surface area contributed by atoms with Crippen LogP contribution < -0.4 is 0 Å². The van der Waals surface area contributed by atoms with E-state index >= 15 is 0 Å². The molecule has 0 saturated heterocycles. The van der Waals surface area contributed by atoms with Crippen LogP contribution in [-0.2, 0) is 6.61 Å². The Balaban J connectivity index is 2.80. The van der Waals surface area contributed by atoms with Crippen LogP contribution >= 0.6 is 11.3 Å². The molecule has 0 aliphatic heterocycles. The largest absolute Gasteiger partial charge is 0.392 e. The van der Waals surface area contributed by atoms with Crippen molar-refractivity contribution in [3.05, 3.63) is 34.7 Å². The van der Waals surface area contributed by atoms with Crippen molar-refractivity contribution in [1.29, 1.82) is 0 Å². The normalized spacial score (nSPS) is 10.8. The van der Waals surface area contributed by atoms with E-state index in [2.05, 4.69) is 19.1 Å². The predicted molar refractivity (Wildman–Crippen MR) is 52.5 cm³/mol. The Morgan fingerprint density at radius 3 is 3.00 bits per heavy atom. The topological polar surface area (TPSA) is 20.2 Å². The van der Waals surface area contributed by atoms with Crippen LogP contribution in [-0.4, -0.2) is 5.11 Å². The molecular formula is C10H10OS. The molecular weight excluding hydrogens is 168 g/mol. The molecule has 1 aromatic carbocycles. The van der Waals surface area contributed by atoms with Gasteiger partial charge >= 0.3 is 0 Å². The summed E-state index contributed by atoms with van der Waals surface area (Å²) < 4.78 is 1.29. The SMILES string of the molecule is Cc1cccc2c(CO)csc12. The van der Waals surface area contributed by atoms with Gasteiger partial charge in [0.05, 0.1) is 6.61 Å². The lowest BCUT2D eigenvalue weighted by Crippen LogP contribution is -1.78. The molecule has 0 aliphatic carbocycles. The van der Waals surface area contributed by atoms with Gasteiger partial charge in [0.25, 0.3) is 0 Å². The smallest absolute Gasteiger partial charge is 0.0696 e.